The van der Waals surface area contributed by atoms with Crippen molar-refractivity contribution in [1.82, 2.24) is 9.97 Å². The zero-order chi connectivity index (χ0) is 22.8. The molecule has 0 unspecified atom stereocenters. The third-order valence-corrected chi connectivity index (χ3v) is 5.14. The number of carbonyl (C=O) groups is 1. The van der Waals surface area contributed by atoms with E-state index >= 15 is 0 Å². The van der Waals surface area contributed by atoms with Gasteiger partial charge in [-0.15, -0.1) is 0 Å². The first-order valence-electron chi connectivity index (χ1n) is 10.9. The topological polar surface area (TPSA) is 78.8 Å². The molecule has 1 aliphatic heterocycles. The summed E-state index contributed by atoms with van der Waals surface area (Å²) >= 11 is 0. The number of anilines is 2. The first-order chi connectivity index (χ1) is 15.6. The number of aliphatic hydroxyl groups is 1. The molecule has 2 aromatic rings. The predicted octanol–water partition coefficient (Wildman–Crippen LogP) is 3.90. The number of nitrogens with zero attached hydrogens (tertiary/aromatic N) is 4. The second kappa shape index (κ2) is 11.8. The number of carbonyl (C=O) groups excluding carboxylic acids is 1. The number of ketones is 1. The number of aromatic nitrogens is 2. The molecule has 0 aliphatic carbocycles. The average molecular weight is 435 g/mol. The van der Waals surface area contributed by atoms with Crippen molar-refractivity contribution in [3.63, 3.8) is 0 Å². The molecule has 0 bridgehead atoms. The second-order valence-electron chi connectivity index (χ2n) is 7.31. The summed E-state index contributed by atoms with van der Waals surface area (Å²) < 4.78 is 5.35. The molecule has 32 heavy (non-hydrogen) atoms. The Morgan fingerprint density at radius 1 is 1.03 bits per heavy atom. The molecular weight excluding hydrogens is 404 g/mol. The maximum Gasteiger partial charge on any atom is 0.182 e. The first-order valence-corrected chi connectivity index (χ1v) is 10.9. The van der Waals surface area contributed by atoms with E-state index in [1.807, 2.05) is 24.3 Å². The SMILES string of the molecule is CCN(CC)c1ccc(/C=C/C(=O)/C=C(O)/C=C/c2ccc(N3CCOCC3)nc2)cn1. The van der Waals surface area contributed by atoms with Crippen molar-refractivity contribution in [1.29, 1.82) is 0 Å². The third kappa shape index (κ3) is 6.78. The van der Waals surface area contributed by atoms with Gasteiger partial charge < -0.3 is 19.6 Å². The normalized spacial score (nSPS) is 14.9. The fraction of sp³-hybridized carbons (Fsp3) is 0.320. The van der Waals surface area contributed by atoms with Gasteiger partial charge in [0, 0.05) is 44.6 Å². The van der Waals surface area contributed by atoms with E-state index in [9.17, 15) is 9.90 Å². The minimum atomic E-state index is -0.305. The summed E-state index contributed by atoms with van der Waals surface area (Å²) in [6.07, 6.45) is 11.0. The fourth-order valence-corrected chi connectivity index (χ4v) is 3.31. The molecule has 0 saturated carbocycles. The lowest BCUT2D eigenvalue weighted by Crippen LogP contribution is -2.36. The van der Waals surface area contributed by atoms with Crippen LogP contribution < -0.4 is 9.80 Å². The third-order valence-electron chi connectivity index (χ3n) is 5.14. The van der Waals surface area contributed by atoms with Crippen LogP contribution in [0.2, 0.25) is 0 Å². The van der Waals surface area contributed by atoms with Gasteiger partial charge in [0.15, 0.2) is 5.78 Å². The number of ether oxygens (including phenoxy) is 1. The fourth-order valence-electron chi connectivity index (χ4n) is 3.31. The zero-order valence-electron chi connectivity index (χ0n) is 18.6. The van der Waals surface area contributed by atoms with Crippen LogP contribution in [0, 0.1) is 0 Å². The van der Waals surface area contributed by atoms with Crippen LogP contribution in [-0.4, -0.2) is 60.3 Å². The van der Waals surface area contributed by atoms with Crippen molar-refractivity contribution in [2.45, 2.75) is 13.8 Å². The monoisotopic (exact) mass is 434 g/mol. The van der Waals surface area contributed by atoms with Gasteiger partial charge in [-0.05, 0) is 73.5 Å². The van der Waals surface area contributed by atoms with Crippen LogP contribution in [-0.2, 0) is 9.53 Å². The van der Waals surface area contributed by atoms with Crippen LogP contribution >= 0.6 is 0 Å². The maximum absolute atomic E-state index is 12.1. The van der Waals surface area contributed by atoms with Crippen LogP contribution in [0.1, 0.15) is 25.0 Å². The molecule has 0 amide bonds. The highest BCUT2D eigenvalue weighted by Crippen LogP contribution is 2.14. The second-order valence-corrected chi connectivity index (χ2v) is 7.31. The predicted molar refractivity (Wildman–Crippen MR) is 129 cm³/mol. The molecule has 1 aliphatic rings. The summed E-state index contributed by atoms with van der Waals surface area (Å²) in [4.78, 5) is 25.3. The molecule has 3 heterocycles. The van der Waals surface area contributed by atoms with Crippen LogP contribution in [0.3, 0.4) is 0 Å². The van der Waals surface area contributed by atoms with E-state index in [0.717, 1.165) is 48.9 Å². The maximum atomic E-state index is 12.1. The van der Waals surface area contributed by atoms with E-state index < -0.39 is 0 Å². The van der Waals surface area contributed by atoms with E-state index in [-0.39, 0.29) is 11.5 Å². The molecule has 168 valence electrons. The van der Waals surface area contributed by atoms with Crippen LogP contribution in [0.4, 0.5) is 11.6 Å². The average Bonchev–Trinajstić information content (AvgIpc) is 2.84. The molecule has 0 atom stereocenters. The molecule has 7 nitrogen and oxygen atoms in total. The molecule has 0 radical (unpaired) electrons. The Morgan fingerprint density at radius 3 is 2.28 bits per heavy atom. The quantitative estimate of drug-likeness (QED) is 0.364. The van der Waals surface area contributed by atoms with E-state index in [1.54, 1.807) is 24.5 Å². The Hall–Kier alpha value is -3.45. The van der Waals surface area contributed by atoms with Crippen molar-refractivity contribution in [3.05, 3.63) is 71.8 Å². The molecule has 1 fully saturated rings. The Kier molecular flexibility index (Phi) is 8.57. The van der Waals surface area contributed by atoms with E-state index in [0.29, 0.717) is 13.2 Å². The Balaban J connectivity index is 1.54. The van der Waals surface area contributed by atoms with Crippen LogP contribution in [0.25, 0.3) is 12.2 Å². The molecule has 1 N–H and O–H groups in total. The van der Waals surface area contributed by atoms with Crippen molar-refractivity contribution >= 4 is 29.6 Å². The van der Waals surface area contributed by atoms with Gasteiger partial charge >= 0.3 is 0 Å². The van der Waals surface area contributed by atoms with Gasteiger partial charge in [-0.3, -0.25) is 4.79 Å². The lowest BCUT2D eigenvalue weighted by atomic mass is 10.2. The largest absolute Gasteiger partial charge is 0.508 e. The summed E-state index contributed by atoms with van der Waals surface area (Å²) in [6, 6.07) is 7.73. The van der Waals surface area contributed by atoms with Crippen LogP contribution in [0.5, 0.6) is 0 Å². The zero-order valence-corrected chi connectivity index (χ0v) is 18.6. The van der Waals surface area contributed by atoms with Crippen molar-refractivity contribution in [2.24, 2.45) is 0 Å². The summed E-state index contributed by atoms with van der Waals surface area (Å²) in [5.74, 6) is 1.39. The smallest absolute Gasteiger partial charge is 0.182 e. The van der Waals surface area contributed by atoms with Gasteiger partial charge in [-0.2, -0.15) is 0 Å². The highest BCUT2D eigenvalue weighted by molar-refractivity contribution is 6.02. The van der Waals surface area contributed by atoms with Gasteiger partial charge in [0.1, 0.15) is 17.4 Å². The number of pyridine rings is 2. The van der Waals surface area contributed by atoms with Gasteiger partial charge in [0.2, 0.25) is 0 Å². The molecular formula is C25H30N4O3. The highest BCUT2D eigenvalue weighted by atomic mass is 16.5. The Bertz CT molecular complexity index is 956. The molecule has 7 heteroatoms. The lowest BCUT2D eigenvalue weighted by Gasteiger charge is -2.27. The number of allylic oxidation sites excluding steroid dienone is 3. The number of rotatable bonds is 9. The summed E-state index contributed by atoms with van der Waals surface area (Å²) in [5, 5.41) is 10.0. The van der Waals surface area contributed by atoms with Gasteiger partial charge in [0.05, 0.1) is 13.2 Å². The first kappa shape index (κ1) is 23.2. The number of aliphatic hydroxyl groups excluding tert-OH is 1. The van der Waals surface area contributed by atoms with Crippen molar-refractivity contribution < 1.29 is 14.6 Å². The standard InChI is InChI=1S/C25H30N4O3/c1-3-28(4-2)24-11-7-20(18-26-24)5-9-22(30)17-23(31)10-6-21-8-12-25(27-19-21)29-13-15-32-16-14-29/h5-12,17-19,31H,3-4,13-16H2,1-2H3/b9-5+,10-6+,23-17-. The molecule has 0 aromatic carbocycles. The van der Waals surface area contributed by atoms with E-state index in [1.165, 1.54) is 18.2 Å². The lowest BCUT2D eigenvalue weighted by molar-refractivity contribution is -0.110. The Labute approximate surface area is 189 Å². The van der Waals surface area contributed by atoms with E-state index in [4.69, 9.17) is 4.74 Å². The van der Waals surface area contributed by atoms with Crippen molar-refractivity contribution in [2.75, 3.05) is 49.2 Å². The molecule has 1 saturated heterocycles. The number of morpholine rings is 1. The number of hydrogen-bond donors (Lipinski definition) is 1. The summed E-state index contributed by atoms with van der Waals surface area (Å²) in [5.41, 5.74) is 1.66. The van der Waals surface area contributed by atoms with E-state index in [2.05, 4.69) is 33.6 Å². The molecule has 3 rings (SSSR count). The summed E-state index contributed by atoms with van der Waals surface area (Å²) in [6.45, 7) is 9.04. The molecule has 0 spiro atoms. The minimum absolute atomic E-state index is 0.119. The van der Waals surface area contributed by atoms with Crippen LogP contribution in [0.15, 0.2) is 60.6 Å². The highest BCUT2D eigenvalue weighted by Gasteiger charge is 2.11. The number of hydrogen-bond acceptors (Lipinski definition) is 7. The van der Waals surface area contributed by atoms with Gasteiger partial charge in [0.25, 0.3) is 0 Å². The van der Waals surface area contributed by atoms with Crippen molar-refractivity contribution in [3.8, 4) is 0 Å². The minimum Gasteiger partial charge on any atom is -0.508 e. The molecule has 2 aromatic heterocycles. The Morgan fingerprint density at radius 2 is 1.69 bits per heavy atom. The van der Waals surface area contributed by atoms with Gasteiger partial charge in [-0.25, -0.2) is 9.97 Å². The summed E-state index contributed by atoms with van der Waals surface area (Å²) in [7, 11) is 0. The van der Waals surface area contributed by atoms with Gasteiger partial charge in [-0.1, -0.05) is 0 Å².